The number of aromatic nitrogens is 2. The van der Waals surface area contributed by atoms with Crippen molar-refractivity contribution in [1.82, 2.24) is 9.97 Å². The van der Waals surface area contributed by atoms with E-state index in [0.717, 1.165) is 52.0 Å². The maximum Gasteiger partial charge on any atom is 0.223 e. The van der Waals surface area contributed by atoms with Crippen molar-refractivity contribution in [2.45, 2.75) is 180 Å². The van der Waals surface area contributed by atoms with Crippen molar-refractivity contribution in [1.29, 1.82) is 0 Å². The zero-order chi connectivity index (χ0) is 43.1. The third-order valence-electron chi connectivity index (χ3n) is 13.1. The van der Waals surface area contributed by atoms with Gasteiger partial charge in [-0.25, -0.2) is 9.97 Å². The summed E-state index contributed by atoms with van der Waals surface area (Å²) in [6.07, 6.45) is 20.7. The van der Waals surface area contributed by atoms with Crippen molar-refractivity contribution in [3.8, 4) is 28.5 Å². The lowest BCUT2D eigenvalue weighted by atomic mass is 9.81. The molecular weight excluding hydrogens is 785 g/mol. The number of benzene rings is 2. The Morgan fingerprint density at radius 1 is 0.717 bits per heavy atom. The maximum atomic E-state index is 8.78. The van der Waals surface area contributed by atoms with Gasteiger partial charge in [-0.2, -0.15) is 0 Å². The average molecular weight is 855 g/mol. The van der Waals surface area contributed by atoms with Gasteiger partial charge in [0, 0.05) is 28.2 Å². The average Bonchev–Trinajstić information content (AvgIpc) is 3.22. The number of methoxy groups -OCH3 is 2. The zero-order valence-corrected chi connectivity index (χ0v) is 39.6. The number of ether oxygens (including phenoxy) is 3. The summed E-state index contributed by atoms with van der Waals surface area (Å²) in [6, 6.07) is 11.2. The van der Waals surface area contributed by atoms with Crippen LogP contribution >= 0.6 is 19.5 Å². The molecule has 7 rings (SSSR count). The molecule has 0 N–H and O–H groups in total. The summed E-state index contributed by atoms with van der Waals surface area (Å²) in [4.78, 5) is 11.5. The number of hydrogen-bond donors (Lipinski definition) is 0. The van der Waals surface area contributed by atoms with Gasteiger partial charge in [0.2, 0.25) is 5.88 Å². The molecule has 0 atom stereocenters. The van der Waals surface area contributed by atoms with Crippen LogP contribution in [-0.4, -0.2) is 41.6 Å². The molecule has 0 amide bonds. The number of nitrogens with zero attached hydrogens (tertiary/aromatic N) is 5. The third-order valence-corrected chi connectivity index (χ3v) is 16.9. The number of pyridine rings is 2. The van der Waals surface area contributed by atoms with Gasteiger partial charge in [-0.3, -0.25) is 0 Å². The minimum Gasteiger partial charge on any atom is -0.496 e. The Balaban J connectivity index is 0.000000232. The van der Waals surface area contributed by atoms with Crippen LogP contribution in [0.15, 0.2) is 47.8 Å². The molecule has 0 unspecified atom stereocenters. The summed E-state index contributed by atoms with van der Waals surface area (Å²) in [6.45, 7) is 17.8. The lowest BCUT2D eigenvalue weighted by Gasteiger charge is -2.41. The van der Waals surface area contributed by atoms with Crippen LogP contribution in [0, 0.1) is 0 Å². The largest absolute Gasteiger partial charge is 0.496 e. The second-order valence-electron chi connectivity index (χ2n) is 18.7. The van der Waals surface area contributed by atoms with Crippen LogP contribution in [0.3, 0.4) is 0 Å². The Bertz CT molecular complexity index is 2090. The predicted octanol–water partition coefficient (Wildman–Crippen LogP) is 15.3. The summed E-state index contributed by atoms with van der Waals surface area (Å²) in [5.41, 5.74) is 17.6. The van der Waals surface area contributed by atoms with Gasteiger partial charge >= 0.3 is 0 Å². The van der Waals surface area contributed by atoms with E-state index in [-0.39, 0.29) is 14.0 Å². The highest BCUT2D eigenvalue weighted by Gasteiger charge is 2.38. The monoisotopic (exact) mass is 853 g/mol. The third kappa shape index (κ3) is 10.2. The van der Waals surface area contributed by atoms with Gasteiger partial charge in [-0.05, 0) is 131 Å². The highest BCUT2D eigenvalue weighted by atomic mass is 35.5. The van der Waals surface area contributed by atoms with Gasteiger partial charge in [-0.15, -0.1) is 0 Å². The summed E-state index contributed by atoms with van der Waals surface area (Å²) in [7, 11) is 3.38. The molecule has 0 spiro atoms. The van der Waals surface area contributed by atoms with Gasteiger partial charge in [0.1, 0.15) is 22.8 Å². The number of halogens is 1. The first-order valence-corrected chi connectivity index (χ1v) is 24.5. The number of hydrogen-bond acceptors (Lipinski definition) is 6. The molecule has 2 heterocycles. The Labute approximate surface area is 366 Å². The lowest BCUT2D eigenvalue weighted by Crippen LogP contribution is -2.28. The van der Waals surface area contributed by atoms with E-state index in [9.17, 15) is 0 Å². The Hall–Kier alpha value is -3.57. The minimum absolute atomic E-state index is 0.224. The van der Waals surface area contributed by atoms with Crippen LogP contribution in [0.2, 0.25) is 5.15 Å². The Morgan fingerprint density at radius 2 is 1.28 bits per heavy atom. The number of fused-ring (bicyclic) bond motifs is 1. The van der Waals surface area contributed by atoms with Crippen molar-refractivity contribution >= 4 is 35.6 Å². The van der Waals surface area contributed by atoms with Gasteiger partial charge in [0.15, 0.2) is 0 Å². The molecule has 2 aromatic carbocycles. The van der Waals surface area contributed by atoms with E-state index in [1.165, 1.54) is 104 Å². The van der Waals surface area contributed by atoms with Crippen molar-refractivity contribution < 1.29 is 14.2 Å². The molecule has 0 aliphatic heterocycles. The minimum atomic E-state index is -0.736. The first-order chi connectivity index (χ1) is 28.8. The molecule has 4 aromatic rings. The molecule has 0 bridgehead atoms. The quantitative estimate of drug-likeness (QED) is 0.0438. The normalized spacial score (nSPS) is 16.8. The fourth-order valence-electron chi connectivity index (χ4n) is 9.49. The van der Waals surface area contributed by atoms with Crippen LogP contribution in [-0.2, 0) is 5.54 Å². The second-order valence-corrected chi connectivity index (χ2v) is 21.8. The highest BCUT2D eigenvalue weighted by Crippen LogP contribution is 2.59. The van der Waals surface area contributed by atoms with Crippen molar-refractivity contribution in [2.75, 3.05) is 14.2 Å². The second kappa shape index (κ2) is 20.5. The van der Waals surface area contributed by atoms with Crippen LogP contribution in [0.1, 0.15) is 179 Å². The van der Waals surface area contributed by atoms with Gasteiger partial charge in [0.05, 0.1) is 25.1 Å². The van der Waals surface area contributed by atoms with E-state index >= 15 is 0 Å². The summed E-state index contributed by atoms with van der Waals surface area (Å²) < 4.78 is 18.5. The van der Waals surface area contributed by atoms with E-state index < -0.39 is 5.54 Å². The van der Waals surface area contributed by atoms with Crippen molar-refractivity contribution in [3.05, 3.63) is 80.6 Å². The fourth-order valence-corrected chi connectivity index (χ4v) is 13.7. The Morgan fingerprint density at radius 3 is 1.77 bits per heavy atom. The molecule has 3 fully saturated rings. The Kier molecular flexibility index (Phi) is 15.7. The van der Waals surface area contributed by atoms with Crippen LogP contribution < -0.4 is 19.5 Å². The van der Waals surface area contributed by atoms with E-state index in [2.05, 4.69) is 85.8 Å². The van der Waals surface area contributed by atoms with Crippen molar-refractivity contribution in [3.63, 3.8) is 0 Å². The standard InChI is InChI=1S/C35H53O2P.C15H16ClN5O/c1-23(2)26-21-29(24(3)4)33(30(22-26)25(5)6)34-31(36-7)19-20-32(37-8)35(34)38(27-15-11-9-12-16-27)28-17-13-10-14-18-28;1-15(2,20-21-17)12-8-19-14(22-9-4-3-5-9)11-7-18-13(16)6-10(11)12/h19-25,27-28H,9-18H2,1-8H3;6-9H,3-5H2,1-2H3. The molecule has 8 nitrogen and oxygen atoms in total. The first-order valence-electron chi connectivity index (χ1n) is 22.7. The number of rotatable bonds is 13. The first kappa shape index (κ1) is 45.9. The molecule has 60 heavy (non-hydrogen) atoms. The van der Waals surface area contributed by atoms with E-state index in [1.54, 1.807) is 18.5 Å². The summed E-state index contributed by atoms with van der Waals surface area (Å²) in [5, 5.41) is 7.39. The molecule has 3 aliphatic rings. The highest BCUT2D eigenvalue weighted by molar-refractivity contribution is 7.67. The molecule has 2 aromatic heterocycles. The maximum absolute atomic E-state index is 8.78. The molecular formula is C50H69ClN5O3P. The predicted molar refractivity (Wildman–Crippen MR) is 253 cm³/mol. The van der Waals surface area contributed by atoms with Gasteiger partial charge < -0.3 is 14.2 Å². The van der Waals surface area contributed by atoms with E-state index in [4.69, 9.17) is 31.3 Å². The zero-order valence-electron chi connectivity index (χ0n) is 38.0. The number of azide groups is 1. The molecule has 0 saturated heterocycles. The van der Waals surface area contributed by atoms with Crippen LogP contribution in [0.5, 0.6) is 17.4 Å². The topological polar surface area (TPSA) is 102 Å². The molecule has 3 aliphatic carbocycles. The lowest BCUT2D eigenvalue weighted by molar-refractivity contribution is 0.116. The van der Waals surface area contributed by atoms with Gasteiger partial charge in [-0.1, -0.05) is 131 Å². The molecule has 0 radical (unpaired) electrons. The van der Waals surface area contributed by atoms with Crippen molar-refractivity contribution in [2.24, 2.45) is 5.11 Å². The SMILES string of the molecule is CC(C)(N=[N+]=[N-])c1cnc(OC2CCC2)c2cnc(Cl)cc12.COc1ccc(OC)c(P(C2CCCCC2)C2CCCCC2)c1-c1c(C(C)C)cc(C(C)C)cc1C(C)C. The molecule has 3 saturated carbocycles. The smallest absolute Gasteiger partial charge is 0.223 e. The van der Waals surface area contributed by atoms with E-state index in [1.807, 2.05) is 28.1 Å². The van der Waals surface area contributed by atoms with Gasteiger partial charge in [0.25, 0.3) is 0 Å². The summed E-state index contributed by atoms with van der Waals surface area (Å²) in [5.74, 6) is 4.05. The van der Waals surface area contributed by atoms with Crippen LogP contribution in [0.4, 0.5) is 0 Å². The molecule has 10 heteroatoms. The van der Waals surface area contributed by atoms with Crippen LogP contribution in [0.25, 0.3) is 32.3 Å². The molecule has 324 valence electrons. The van der Waals surface area contributed by atoms with E-state index in [0.29, 0.717) is 28.8 Å². The fraction of sp³-hybridized carbons (Fsp3) is 0.600. The summed E-state index contributed by atoms with van der Waals surface area (Å²) >= 11 is 6.04.